The molecule has 2 aliphatic heterocycles. The number of rotatable bonds is 3. The van der Waals surface area contributed by atoms with Gasteiger partial charge in [0.05, 0.1) is 11.8 Å². The first-order valence-electron chi connectivity index (χ1n) is 9.61. The Balaban J connectivity index is 1.21. The van der Waals surface area contributed by atoms with Gasteiger partial charge in [-0.3, -0.25) is 24.6 Å². The van der Waals surface area contributed by atoms with E-state index in [9.17, 15) is 14.4 Å². The Labute approximate surface area is 146 Å². The number of allylic oxidation sites excluding steroid dienone is 2. The van der Waals surface area contributed by atoms with Crippen molar-refractivity contribution < 1.29 is 19.1 Å². The van der Waals surface area contributed by atoms with E-state index in [2.05, 4.69) is 17.5 Å². The van der Waals surface area contributed by atoms with Gasteiger partial charge in [0.25, 0.3) is 0 Å². The van der Waals surface area contributed by atoms with Crippen LogP contribution in [0.2, 0.25) is 0 Å². The van der Waals surface area contributed by atoms with E-state index in [0.717, 1.165) is 24.2 Å². The smallest absolute Gasteiger partial charge is 0.327 e. The van der Waals surface area contributed by atoms with Crippen LogP contribution in [0.25, 0.3) is 0 Å². The molecule has 0 radical (unpaired) electrons. The number of esters is 1. The second kappa shape index (κ2) is 5.66. The zero-order valence-electron chi connectivity index (χ0n) is 14.2. The topological polar surface area (TPSA) is 75.7 Å². The molecule has 2 amide bonds. The Morgan fingerprint density at radius 2 is 1.76 bits per heavy atom. The van der Waals surface area contributed by atoms with Crippen molar-refractivity contribution in [1.82, 2.24) is 10.2 Å². The zero-order valence-corrected chi connectivity index (χ0v) is 14.2. The van der Waals surface area contributed by atoms with Crippen LogP contribution in [0.5, 0.6) is 0 Å². The number of hydrogen-bond acceptors (Lipinski definition) is 5. The van der Waals surface area contributed by atoms with Crippen molar-refractivity contribution in [2.45, 2.75) is 50.8 Å². The van der Waals surface area contributed by atoms with Gasteiger partial charge in [0.1, 0.15) is 6.54 Å². The van der Waals surface area contributed by atoms with E-state index in [1.54, 1.807) is 0 Å². The van der Waals surface area contributed by atoms with Crippen LogP contribution in [0.15, 0.2) is 12.2 Å². The van der Waals surface area contributed by atoms with Crippen LogP contribution in [0.4, 0.5) is 0 Å². The van der Waals surface area contributed by atoms with E-state index in [-0.39, 0.29) is 48.3 Å². The van der Waals surface area contributed by atoms with Crippen LogP contribution in [0.3, 0.4) is 0 Å². The summed E-state index contributed by atoms with van der Waals surface area (Å²) in [5.41, 5.74) is 0. The molecule has 2 saturated heterocycles. The summed E-state index contributed by atoms with van der Waals surface area (Å²) in [6.45, 7) is -0.238. The Morgan fingerprint density at radius 3 is 2.44 bits per heavy atom. The molecule has 4 fully saturated rings. The maximum Gasteiger partial charge on any atom is 0.327 e. The van der Waals surface area contributed by atoms with E-state index in [1.165, 1.54) is 19.3 Å². The van der Waals surface area contributed by atoms with Crippen molar-refractivity contribution in [1.29, 1.82) is 0 Å². The van der Waals surface area contributed by atoms with Gasteiger partial charge in [-0.2, -0.15) is 0 Å². The summed E-state index contributed by atoms with van der Waals surface area (Å²) in [5.74, 6) is -0.403. The van der Waals surface area contributed by atoms with Crippen molar-refractivity contribution in [3.05, 3.63) is 12.2 Å². The van der Waals surface area contributed by atoms with Crippen molar-refractivity contribution in [2.75, 3.05) is 6.54 Å². The lowest BCUT2D eigenvalue weighted by Crippen LogP contribution is -2.41. The van der Waals surface area contributed by atoms with Gasteiger partial charge in [-0.25, -0.2) is 0 Å². The number of nitrogens with zero attached hydrogens (tertiary/aromatic N) is 1. The quantitative estimate of drug-likeness (QED) is 0.473. The number of carbonyl (C=O) groups is 3. The predicted molar refractivity (Wildman–Crippen MR) is 87.8 cm³/mol. The lowest BCUT2D eigenvalue weighted by atomic mass is 9.85. The van der Waals surface area contributed by atoms with Gasteiger partial charge in [-0.1, -0.05) is 25.0 Å². The lowest BCUT2D eigenvalue weighted by molar-refractivity contribution is -0.157. The molecule has 2 heterocycles. The van der Waals surface area contributed by atoms with Crippen LogP contribution in [-0.4, -0.2) is 41.5 Å². The third-order valence-electron chi connectivity index (χ3n) is 6.95. The number of carbonyl (C=O) groups excluding carboxylic acids is 3. The molecule has 134 valence electrons. The van der Waals surface area contributed by atoms with Crippen molar-refractivity contribution in [3.8, 4) is 0 Å². The Morgan fingerprint density at radius 1 is 1.08 bits per heavy atom. The average Bonchev–Trinajstić information content (AvgIpc) is 3.34. The molecule has 0 spiro atoms. The van der Waals surface area contributed by atoms with Gasteiger partial charge in [0.2, 0.25) is 11.8 Å². The van der Waals surface area contributed by atoms with Crippen LogP contribution < -0.4 is 5.32 Å². The number of ether oxygens (including phenoxy) is 1. The first-order valence-corrected chi connectivity index (χ1v) is 9.61. The van der Waals surface area contributed by atoms with Gasteiger partial charge < -0.3 is 4.74 Å². The van der Waals surface area contributed by atoms with Gasteiger partial charge in [0.15, 0.2) is 6.23 Å². The average molecular weight is 344 g/mol. The second-order valence-electron chi connectivity index (χ2n) is 8.29. The van der Waals surface area contributed by atoms with E-state index in [0.29, 0.717) is 12.0 Å². The molecule has 5 aliphatic rings. The number of imide groups is 1. The van der Waals surface area contributed by atoms with Crippen LogP contribution in [0, 0.1) is 29.6 Å². The maximum atomic E-state index is 12.6. The number of nitrogens with one attached hydrogen (secondary N) is 1. The third-order valence-corrected chi connectivity index (χ3v) is 6.95. The molecule has 6 nitrogen and oxygen atoms in total. The maximum absolute atomic E-state index is 12.6. The molecule has 6 heteroatoms. The zero-order chi connectivity index (χ0) is 17.1. The SMILES string of the molecule is O=C(CN1C(=O)C2C3C=CC(C3)C2C1=O)O[C@@H]1CC2CCCCC2N1. The normalized spacial score (nSPS) is 44.3. The molecule has 0 aromatic heterocycles. The number of fused-ring (bicyclic) bond motifs is 6. The first kappa shape index (κ1) is 15.6. The molecular weight excluding hydrogens is 320 g/mol. The highest BCUT2D eigenvalue weighted by atomic mass is 16.6. The molecule has 3 aliphatic carbocycles. The summed E-state index contributed by atoms with van der Waals surface area (Å²) in [7, 11) is 0. The largest absolute Gasteiger partial charge is 0.445 e. The van der Waals surface area contributed by atoms with E-state index < -0.39 is 5.97 Å². The predicted octanol–water partition coefficient (Wildman–Crippen LogP) is 1.21. The highest BCUT2D eigenvalue weighted by Gasteiger charge is 2.59. The van der Waals surface area contributed by atoms with E-state index in [1.807, 2.05) is 0 Å². The minimum atomic E-state index is -0.474. The summed E-state index contributed by atoms with van der Waals surface area (Å²) in [6, 6.07) is 0.447. The second-order valence-corrected chi connectivity index (χ2v) is 8.29. The summed E-state index contributed by atoms with van der Waals surface area (Å²) in [4.78, 5) is 38.7. The van der Waals surface area contributed by atoms with Gasteiger partial charge >= 0.3 is 5.97 Å². The fraction of sp³-hybridized carbons (Fsp3) is 0.737. The van der Waals surface area contributed by atoms with Crippen molar-refractivity contribution in [2.24, 2.45) is 29.6 Å². The highest BCUT2D eigenvalue weighted by Crippen LogP contribution is 2.52. The summed E-state index contributed by atoms with van der Waals surface area (Å²) < 4.78 is 5.54. The number of hydrogen-bond donors (Lipinski definition) is 1. The highest BCUT2D eigenvalue weighted by molar-refractivity contribution is 6.08. The Bertz CT molecular complexity index is 616. The first-order chi connectivity index (χ1) is 12.1. The summed E-state index contributed by atoms with van der Waals surface area (Å²) >= 11 is 0. The molecule has 25 heavy (non-hydrogen) atoms. The monoisotopic (exact) mass is 344 g/mol. The summed E-state index contributed by atoms with van der Waals surface area (Å²) in [6.07, 6.45) is 10.4. The standard InChI is InChI=1S/C19H24N2O4/c22-15(25-14-8-10-3-1-2-4-13(10)20-14)9-21-18(23)16-11-5-6-12(7-11)17(16)19(21)24/h5-6,10-14,16-17,20H,1-4,7-9H2/t10?,11?,12?,13?,14-,16?,17?/m1/s1. The number of likely N-dealkylation sites (tertiary alicyclic amines) is 1. The van der Waals surface area contributed by atoms with Crippen LogP contribution >= 0.6 is 0 Å². The fourth-order valence-electron chi connectivity index (χ4n) is 5.82. The molecule has 2 bridgehead atoms. The van der Waals surface area contributed by atoms with E-state index >= 15 is 0 Å². The van der Waals surface area contributed by atoms with E-state index in [4.69, 9.17) is 4.74 Å². The Hall–Kier alpha value is -1.69. The van der Waals surface area contributed by atoms with Crippen LogP contribution in [0.1, 0.15) is 38.5 Å². The lowest BCUT2D eigenvalue weighted by Gasteiger charge is -2.23. The summed E-state index contributed by atoms with van der Waals surface area (Å²) in [5, 5.41) is 3.39. The molecule has 6 unspecified atom stereocenters. The molecule has 1 N–H and O–H groups in total. The molecule has 0 aromatic carbocycles. The van der Waals surface area contributed by atoms with Crippen LogP contribution in [-0.2, 0) is 19.1 Å². The molecule has 2 saturated carbocycles. The van der Waals surface area contributed by atoms with Crippen molar-refractivity contribution in [3.63, 3.8) is 0 Å². The Kier molecular flexibility index (Phi) is 3.52. The molecule has 5 rings (SSSR count). The molecular formula is C19H24N2O4. The van der Waals surface area contributed by atoms with Crippen molar-refractivity contribution >= 4 is 17.8 Å². The fourth-order valence-corrected chi connectivity index (χ4v) is 5.82. The molecule has 0 aromatic rings. The van der Waals surface area contributed by atoms with Gasteiger partial charge in [0, 0.05) is 12.5 Å². The van der Waals surface area contributed by atoms with Gasteiger partial charge in [-0.05, 0) is 37.0 Å². The molecule has 7 atom stereocenters. The number of amides is 2. The van der Waals surface area contributed by atoms with Gasteiger partial charge in [-0.15, -0.1) is 0 Å². The minimum Gasteiger partial charge on any atom is -0.445 e. The minimum absolute atomic E-state index is 0.173. The third kappa shape index (κ3) is 2.37.